The molecule has 1 fully saturated rings. The summed E-state index contributed by atoms with van der Waals surface area (Å²) >= 11 is 0. The fourth-order valence-electron chi connectivity index (χ4n) is 1.89. The van der Waals surface area contributed by atoms with Gasteiger partial charge in [0.1, 0.15) is 0 Å². The van der Waals surface area contributed by atoms with E-state index in [9.17, 15) is 0 Å². The van der Waals surface area contributed by atoms with Gasteiger partial charge in [-0.3, -0.25) is 0 Å². The molecule has 2 rings (SSSR count). The van der Waals surface area contributed by atoms with Crippen LogP contribution in [0.3, 0.4) is 0 Å². The molecule has 1 aliphatic heterocycles. The van der Waals surface area contributed by atoms with Crippen LogP contribution < -0.4 is 5.32 Å². The minimum absolute atomic E-state index is 0.612. The summed E-state index contributed by atoms with van der Waals surface area (Å²) in [7, 11) is 0. The summed E-state index contributed by atoms with van der Waals surface area (Å²) in [4.78, 5) is 0. The highest BCUT2D eigenvalue weighted by Gasteiger charge is 2.24. The normalized spacial score (nSPS) is 26.9. The molecule has 0 spiro atoms. The molecule has 0 saturated carbocycles. The molecule has 1 nitrogen and oxygen atoms in total. The minimum Gasteiger partial charge on any atom is -0.307 e. The third kappa shape index (κ3) is 1.75. The molecular weight excluding hydrogens is 158 g/mol. The van der Waals surface area contributed by atoms with Crippen molar-refractivity contribution in [2.24, 2.45) is 0 Å². The van der Waals surface area contributed by atoms with Gasteiger partial charge in [-0.25, -0.2) is 0 Å². The van der Waals surface area contributed by atoms with Crippen LogP contribution in [0.15, 0.2) is 24.3 Å². The van der Waals surface area contributed by atoms with Crippen LogP contribution in [0.5, 0.6) is 0 Å². The molecule has 1 aliphatic rings. The Hall–Kier alpha value is -0.820. The summed E-state index contributed by atoms with van der Waals surface area (Å²) in [6.45, 7) is 4.43. The van der Waals surface area contributed by atoms with E-state index in [1.54, 1.807) is 0 Å². The van der Waals surface area contributed by atoms with E-state index >= 15 is 0 Å². The van der Waals surface area contributed by atoms with Gasteiger partial charge in [0, 0.05) is 12.1 Å². The lowest BCUT2D eigenvalue weighted by atomic mass is 9.91. The molecule has 0 radical (unpaired) electrons. The minimum atomic E-state index is 0.612. The lowest BCUT2D eigenvalue weighted by Crippen LogP contribution is -2.43. The Morgan fingerprint density at radius 2 is 1.92 bits per heavy atom. The van der Waals surface area contributed by atoms with Crippen molar-refractivity contribution in [3.05, 3.63) is 35.4 Å². The molecule has 1 N–H and O–H groups in total. The summed E-state index contributed by atoms with van der Waals surface area (Å²) in [6.07, 6.45) is 2.42. The first-order valence-corrected chi connectivity index (χ1v) is 5.14. The molecule has 1 aromatic rings. The fourth-order valence-corrected chi connectivity index (χ4v) is 1.89. The van der Waals surface area contributed by atoms with Crippen molar-refractivity contribution in [3.8, 4) is 0 Å². The van der Waals surface area contributed by atoms with E-state index in [0.717, 1.165) is 6.42 Å². The SMILES string of the molecule is CCc1ccc(C2CC(C)N2)cc1. The van der Waals surface area contributed by atoms with Gasteiger partial charge in [0.15, 0.2) is 0 Å². The number of hydrogen-bond acceptors (Lipinski definition) is 1. The van der Waals surface area contributed by atoms with Crippen molar-refractivity contribution in [2.75, 3.05) is 0 Å². The maximum Gasteiger partial charge on any atom is 0.0337 e. The van der Waals surface area contributed by atoms with Crippen LogP contribution in [-0.2, 0) is 6.42 Å². The van der Waals surface area contributed by atoms with Gasteiger partial charge in [-0.15, -0.1) is 0 Å². The maximum absolute atomic E-state index is 3.50. The zero-order valence-electron chi connectivity index (χ0n) is 8.38. The Morgan fingerprint density at radius 1 is 1.31 bits per heavy atom. The second kappa shape index (κ2) is 3.51. The highest BCUT2D eigenvalue weighted by molar-refractivity contribution is 5.26. The van der Waals surface area contributed by atoms with Crippen molar-refractivity contribution in [1.82, 2.24) is 5.32 Å². The summed E-state index contributed by atoms with van der Waals surface area (Å²) < 4.78 is 0. The number of rotatable bonds is 2. The first kappa shape index (κ1) is 8.76. The Morgan fingerprint density at radius 3 is 2.38 bits per heavy atom. The Kier molecular flexibility index (Phi) is 2.36. The van der Waals surface area contributed by atoms with Gasteiger partial charge in [-0.05, 0) is 30.9 Å². The molecule has 70 valence electrons. The molecule has 2 unspecified atom stereocenters. The van der Waals surface area contributed by atoms with Crippen molar-refractivity contribution >= 4 is 0 Å². The van der Waals surface area contributed by atoms with Crippen LogP contribution in [0.2, 0.25) is 0 Å². The van der Waals surface area contributed by atoms with Gasteiger partial charge in [0.25, 0.3) is 0 Å². The molecule has 0 aromatic heterocycles. The van der Waals surface area contributed by atoms with E-state index in [1.165, 1.54) is 17.5 Å². The number of benzene rings is 1. The quantitative estimate of drug-likeness (QED) is 0.728. The molecule has 1 aromatic carbocycles. The fraction of sp³-hybridized carbons (Fsp3) is 0.500. The van der Waals surface area contributed by atoms with Crippen LogP contribution in [0.4, 0.5) is 0 Å². The van der Waals surface area contributed by atoms with E-state index in [2.05, 4.69) is 43.4 Å². The predicted octanol–water partition coefficient (Wildman–Crippen LogP) is 2.67. The van der Waals surface area contributed by atoms with Crippen molar-refractivity contribution in [2.45, 2.75) is 38.8 Å². The van der Waals surface area contributed by atoms with Gasteiger partial charge in [-0.2, -0.15) is 0 Å². The zero-order chi connectivity index (χ0) is 9.26. The van der Waals surface area contributed by atoms with E-state index < -0.39 is 0 Å². The first-order valence-electron chi connectivity index (χ1n) is 5.14. The predicted molar refractivity (Wildman–Crippen MR) is 55.8 cm³/mol. The van der Waals surface area contributed by atoms with Gasteiger partial charge in [0.2, 0.25) is 0 Å². The van der Waals surface area contributed by atoms with Gasteiger partial charge in [0.05, 0.1) is 0 Å². The van der Waals surface area contributed by atoms with Crippen LogP contribution in [-0.4, -0.2) is 6.04 Å². The highest BCUT2D eigenvalue weighted by atomic mass is 15.0. The molecule has 1 heteroatoms. The van der Waals surface area contributed by atoms with Crippen molar-refractivity contribution < 1.29 is 0 Å². The summed E-state index contributed by atoms with van der Waals surface area (Å²) in [5.74, 6) is 0. The summed E-state index contributed by atoms with van der Waals surface area (Å²) in [6, 6.07) is 10.3. The van der Waals surface area contributed by atoms with E-state index in [0.29, 0.717) is 12.1 Å². The smallest absolute Gasteiger partial charge is 0.0337 e. The topological polar surface area (TPSA) is 12.0 Å². The molecule has 1 heterocycles. The molecule has 1 saturated heterocycles. The average molecular weight is 175 g/mol. The lowest BCUT2D eigenvalue weighted by Gasteiger charge is -2.35. The molecule has 0 amide bonds. The van der Waals surface area contributed by atoms with E-state index in [4.69, 9.17) is 0 Å². The molecular formula is C12H17N. The second-order valence-corrected chi connectivity index (χ2v) is 3.95. The van der Waals surface area contributed by atoms with E-state index in [-0.39, 0.29) is 0 Å². The summed E-state index contributed by atoms with van der Waals surface area (Å²) in [5.41, 5.74) is 2.87. The number of hydrogen-bond donors (Lipinski definition) is 1. The van der Waals surface area contributed by atoms with Crippen LogP contribution in [0.25, 0.3) is 0 Å². The lowest BCUT2D eigenvalue weighted by molar-refractivity contribution is 0.288. The molecule has 13 heavy (non-hydrogen) atoms. The van der Waals surface area contributed by atoms with Crippen molar-refractivity contribution in [3.63, 3.8) is 0 Å². The molecule has 0 aliphatic carbocycles. The average Bonchev–Trinajstić information content (AvgIpc) is 2.13. The Bertz CT molecular complexity index is 270. The van der Waals surface area contributed by atoms with Gasteiger partial charge in [-0.1, -0.05) is 31.2 Å². The van der Waals surface area contributed by atoms with Crippen molar-refractivity contribution in [1.29, 1.82) is 0 Å². The van der Waals surface area contributed by atoms with E-state index in [1.807, 2.05) is 0 Å². The van der Waals surface area contributed by atoms with Crippen LogP contribution in [0.1, 0.15) is 37.4 Å². The zero-order valence-corrected chi connectivity index (χ0v) is 8.38. The van der Waals surface area contributed by atoms with Crippen LogP contribution in [0, 0.1) is 0 Å². The molecule has 2 atom stereocenters. The number of aryl methyl sites for hydroxylation is 1. The second-order valence-electron chi connectivity index (χ2n) is 3.95. The molecule has 0 bridgehead atoms. The van der Waals surface area contributed by atoms with Crippen LogP contribution >= 0.6 is 0 Å². The highest BCUT2D eigenvalue weighted by Crippen LogP contribution is 2.27. The first-order chi connectivity index (χ1) is 6.29. The Labute approximate surface area is 80.2 Å². The summed E-state index contributed by atoms with van der Waals surface area (Å²) in [5, 5.41) is 3.50. The third-order valence-electron chi connectivity index (χ3n) is 2.87. The standard InChI is InChI=1S/C12H17N/c1-3-10-4-6-11(7-5-10)12-8-9(2)13-12/h4-7,9,12-13H,3,8H2,1-2H3. The maximum atomic E-state index is 3.50. The van der Waals surface area contributed by atoms with Gasteiger partial charge < -0.3 is 5.32 Å². The Balaban J connectivity index is 2.06. The number of nitrogens with one attached hydrogen (secondary N) is 1. The monoisotopic (exact) mass is 175 g/mol. The largest absolute Gasteiger partial charge is 0.307 e. The van der Waals surface area contributed by atoms with Gasteiger partial charge >= 0.3 is 0 Å². The third-order valence-corrected chi connectivity index (χ3v) is 2.87.